The van der Waals surface area contributed by atoms with Crippen LogP contribution >= 0.6 is 0 Å². The van der Waals surface area contributed by atoms with Crippen LogP contribution in [0.5, 0.6) is 0 Å². The minimum Gasteiger partial charge on any atom is -0.463 e. The fourth-order valence-electron chi connectivity index (χ4n) is 1.98. The van der Waals surface area contributed by atoms with Gasteiger partial charge in [0.25, 0.3) is 0 Å². The van der Waals surface area contributed by atoms with E-state index in [0.29, 0.717) is 12.8 Å². The maximum atomic E-state index is 11.5. The van der Waals surface area contributed by atoms with Crippen LogP contribution in [-0.4, -0.2) is 24.1 Å². The van der Waals surface area contributed by atoms with E-state index in [1.165, 1.54) is 0 Å². The quantitative estimate of drug-likeness (QED) is 0.362. The summed E-state index contributed by atoms with van der Waals surface area (Å²) in [6.45, 7) is 7.86. The van der Waals surface area contributed by atoms with Crippen LogP contribution in [0.2, 0.25) is 0 Å². The lowest BCUT2D eigenvalue weighted by atomic mass is 10.1. The topological polar surface area (TPSA) is 52.6 Å². The fourth-order valence-corrected chi connectivity index (χ4v) is 1.98. The van der Waals surface area contributed by atoms with Crippen molar-refractivity contribution in [3.05, 3.63) is 0 Å². The van der Waals surface area contributed by atoms with Gasteiger partial charge in [0.15, 0.2) is 0 Å². The second kappa shape index (κ2) is 13.6. The summed E-state index contributed by atoms with van der Waals surface area (Å²) in [6.07, 6.45) is 8.93. The summed E-state index contributed by atoms with van der Waals surface area (Å²) in [7, 11) is 0. The van der Waals surface area contributed by atoms with Crippen molar-refractivity contribution in [2.75, 3.05) is 0 Å². The van der Waals surface area contributed by atoms with Crippen molar-refractivity contribution in [3.8, 4) is 0 Å². The first-order valence-corrected chi connectivity index (χ1v) is 8.88. The molecule has 0 N–H and O–H groups in total. The van der Waals surface area contributed by atoms with Crippen LogP contribution in [0.15, 0.2) is 0 Å². The van der Waals surface area contributed by atoms with E-state index in [1.54, 1.807) is 0 Å². The lowest BCUT2D eigenvalue weighted by molar-refractivity contribution is -0.149. The van der Waals surface area contributed by atoms with E-state index in [-0.39, 0.29) is 24.1 Å². The van der Waals surface area contributed by atoms with E-state index in [9.17, 15) is 9.59 Å². The summed E-state index contributed by atoms with van der Waals surface area (Å²) in [5.74, 6) is -0.163. The number of ether oxygens (including phenoxy) is 2. The lowest BCUT2D eigenvalue weighted by Crippen LogP contribution is -2.13. The molecule has 0 aliphatic rings. The molecule has 2 unspecified atom stereocenters. The molecule has 0 spiro atoms. The largest absolute Gasteiger partial charge is 0.463 e. The monoisotopic (exact) mass is 314 g/mol. The Morgan fingerprint density at radius 1 is 0.682 bits per heavy atom. The molecule has 130 valence electrons. The van der Waals surface area contributed by atoms with Gasteiger partial charge in [0.2, 0.25) is 0 Å². The molecule has 4 nitrogen and oxygen atoms in total. The van der Waals surface area contributed by atoms with Gasteiger partial charge in [-0.15, -0.1) is 0 Å². The second-order valence-electron chi connectivity index (χ2n) is 6.04. The Bertz CT molecular complexity index is 271. The molecule has 0 aromatic carbocycles. The summed E-state index contributed by atoms with van der Waals surface area (Å²) in [6, 6.07) is 0. The van der Waals surface area contributed by atoms with E-state index < -0.39 is 0 Å². The van der Waals surface area contributed by atoms with Gasteiger partial charge in [-0.3, -0.25) is 9.59 Å². The summed E-state index contributed by atoms with van der Waals surface area (Å²) in [4.78, 5) is 22.9. The molecular formula is C18H34O4. The SMILES string of the molecule is CCC(C)OC(=O)CCCCCCCCC(=O)OC(C)CC. The zero-order valence-corrected chi connectivity index (χ0v) is 14.9. The van der Waals surface area contributed by atoms with E-state index in [4.69, 9.17) is 9.47 Å². The molecule has 22 heavy (non-hydrogen) atoms. The number of rotatable bonds is 13. The van der Waals surface area contributed by atoms with E-state index in [1.807, 2.05) is 27.7 Å². The van der Waals surface area contributed by atoms with Crippen LogP contribution in [0.1, 0.15) is 91.9 Å². The van der Waals surface area contributed by atoms with Gasteiger partial charge in [-0.2, -0.15) is 0 Å². The van der Waals surface area contributed by atoms with Crippen LogP contribution in [0, 0.1) is 0 Å². The maximum Gasteiger partial charge on any atom is 0.306 e. The number of unbranched alkanes of at least 4 members (excludes halogenated alkanes) is 5. The van der Waals surface area contributed by atoms with Crippen molar-refractivity contribution < 1.29 is 19.1 Å². The summed E-state index contributed by atoms with van der Waals surface area (Å²) < 4.78 is 10.4. The van der Waals surface area contributed by atoms with Crippen molar-refractivity contribution in [1.29, 1.82) is 0 Å². The average Bonchev–Trinajstić information content (AvgIpc) is 2.49. The molecule has 0 aliphatic heterocycles. The van der Waals surface area contributed by atoms with Crippen molar-refractivity contribution in [1.82, 2.24) is 0 Å². The number of hydrogen-bond donors (Lipinski definition) is 0. The molecular weight excluding hydrogens is 280 g/mol. The highest BCUT2D eigenvalue weighted by Gasteiger charge is 2.08. The van der Waals surface area contributed by atoms with E-state index in [2.05, 4.69) is 0 Å². The zero-order chi connectivity index (χ0) is 16.8. The number of carbonyl (C=O) groups is 2. The maximum absolute atomic E-state index is 11.5. The van der Waals surface area contributed by atoms with E-state index in [0.717, 1.165) is 51.4 Å². The first kappa shape index (κ1) is 20.9. The molecule has 2 atom stereocenters. The molecule has 0 aliphatic carbocycles. The molecule has 4 heteroatoms. The van der Waals surface area contributed by atoms with Gasteiger partial charge in [0.1, 0.15) is 0 Å². The molecule has 0 heterocycles. The smallest absolute Gasteiger partial charge is 0.306 e. The minimum absolute atomic E-state index is 0.0303. The Hall–Kier alpha value is -1.06. The standard InChI is InChI=1S/C18H34O4/c1-5-15(3)21-17(19)13-11-9-7-8-10-12-14-18(20)22-16(4)6-2/h15-16H,5-14H2,1-4H3. The molecule has 0 saturated heterocycles. The van der Waals surface area contributed by atoms with Gasteiger partial charge < -0.3 is 9.47 Å². The molecule has 0 rings (SSSR count). The zero-order valence-electron chi connectivity index (χ0n) is 14.9. The van der Waals surface area contributed by atoms with Gasteiger partial charge in [-0.25, -0.2) is 0 Å². The third-order valence-electron chi connectivity index (χ3n) is 3.83. The normalized spacial score (nSPS) is 13.5. The fraction of sp³-hybridized carbons (Fsp3) is 0.889. The highest BCUT2D eigenvalue weighted by atomic mass is 16.5. The summed E-state index contributed by atoms with van der Waals surface area (Å²) in [5.41, 5.74) is 0. The van der Waals surface area contributed by atoms with Gasteiger partial charge in [-0.1, -0.05) is 39.5 Å². The molecule has 0 amide bonds. The van der Waals surface area contributed by atoms with E-state index >= 15 is 0 Å². The highest BCUT2D eigenvalue weighted by Crippen LogP contribution is 2.11. The van der Waals surface area contributed by atoms with Gasteiger partial charge in [0.05, 0.1) is 12.2 Å². The Morgan fingerprint density at radius 2 is 1.00 bits per heavy atom. The number of hydrogen-bond acceptors (Lipinski definition) is 4. The van der Waals surface area contributed by atoms with Gasteiger partial charge in [0, 0.05) is 12.8 Å². The second-order valence-corrected chi connectivity index (χ2v) is 6.04. The minimum atomic E-state index is -0.0814. The average molecular weight is 314 g/mol. The van der Waals surface area contributed by atoms with Gasteiger partial charge in [-0.05, 0) is 39.5 Å². The first-order chi connectivity index (χ1) is 10.5. The summed E-state index contributed by atoms with van der Waals surface area (Å²) >= 11 is 0. The van der Waals surface area contributed by atoms with Crippen LogP contribution in [-0.2, 0) is 19.1 Å². The molecule has 0 saturated carbocycles. The molecule has 0 radical (unpaired) electrons. The van der Waals surface area contributed by atoms with Crippen molar-refractivity contribution in [2.24, 2.45) is 0 Å². The summed E-state index contributed by atoms with van der Waals surface area (Å²) in [5, 5.41) is 0. The Morgan fingerprint density at radius 3 is 1.32 bits per heavy atom. The Labute approximate surface area is 135 Å². The third kappa shape index (κ3) is 12.7. The number of carbonyl (C=O) groups excluding carboxylic acids is 2. The third-order valence-corrected chi connectivity index (χ3v) is 3.83. The predicted octanol–water partition coefficient (Wildman–Crippen LogP) is 4.79. The number of esters is 2. The molecule has 0 fully saturated rings. The highest BCUT2D eigenvalue weighted by molar-refractivity contribution is 5.69. The van der Waals surface area contributed by atoms with Crippen LogP contribution in [0.3, 0.4) is 0 Å². The Balaban J connectivity index is 3.37. The van der Waals surface area contributed by atoms with Crippen molar-refractivity contribution >= 4 is 11.9 Å². The van der Waals surface area contributed by atoms with Crippen LogP contribution in [0.4, 0.5) is 0 Å². The van der Waals surface area contributed by atoms with Gasteiger partial charge >= 0.3 is 11.9 Å². The Kier molecular flexibility index (Phi) is 12.9. The molecule has 0 bridgehead atoms. The van der Waals surface area contributed by atoms with Crippen LogP contribution < -0.4 is 0 Å². The predicted molar refractivity (Wildman–Crippen MR) is 88.6 cm³/mol. The van der Waals surface area contributed by atoms with Crippen molar-refractivity contribution in [3.63, 3.8) is 0 Å². The first-order valence-electron chi connectivity index (χ1n) is 8.88. The molecule has 0 aromatic heterocycles. The van der Waals surface area contributed by atoms with Crippen LogP contribution in [0.25, 0.3) is 0 Å². The van der Waals surface area contributed by atoms with Crippen molar-refractivity contribution in [2.45, 2.75) is 104 Å². The lowest BCUT2D eigenvalue weighted by Gasteiger charge is -2.11. The molecule has 0 aromatic rings.